The first kappa shape index (κ1) is 22.0. The Morgan fingerprint density at radius 2 is 2.04 bits per heavy atom. The van der Waals surface area contributed by atoms with Crippen molar-refractivity contribution in [2.45, 2.75) is 45.8 Å². The molecule has 1 aliphatic rings. The van der Waals surface area contributed by atoms with Gasteiger partial charge in [0, 0.05) is 45.0 Å². The van der Waals surface area contributed by atoms with Gasteiger partial charge in [0.1, 0.15) is 0 Å². The summed E-state index contributed by atoms with van der Waals surface area (Å²) in [6, 6.07) is 9.20. The van der Waals surface area contributed by atoms with Crippen LogP contribution in [0.4, 0.5) is 5.69 Å². The van der Waals surface area contributed by atoms with Crippen molar-refractivity contribution in [1.82, 2.24) is 10.6 Å². The van der Waals surface area contributed by atoms with Gasteiger partial charge in [-0.3, -0.25) is 4.99 Å². The second kappa shape index (κ2) is 11.6. The molecule has 1 unspecified atom stereocenters. The van der Waals surface area contributed by atoms with E-state index in [9.17, 15) is 0 Å². The Labute approximate surface area is 169 Å². The molecular formula is C19H33IN4O. The zero-order chi connectivity index (χ0) is 17.4. The van der Waals surface area contributed by atoms with Crippen LogP contribution in [0.1, 0.15) is 32.3 Å². The SMILES string of the molecule is CN=C(NCCCOC(C)C)NC1CCN(c2ccc(C)cc2)C1.I. The molecule has 0 spiro atoms. The van der Waals surface area contributed by atoms with Crippen LogP contribution in [0.3, 0.4) is 0 Å². The molecule has 1 fully saturated rings. The minimum Gasteiger partial charge on any atom is -0.379 e. The number of ether oxygens (including phenoxy) is 1. The molecule has 1 aromatic rings. The highest BCUT2D eigenvalue weighted by Crippen LogP contribution is 2.20. The number of aliphatic imine (C=N–C) groups is 1. The van der Waals surface area contributed by atoms with Crippen LogP contribution in [0.5, 0.6) is 0 Å². The largest absolute Gasteiger partial charge is 0.379 e. The van der Waals surface area contributed by atoms with E-state index in [0.29, 0.717) is 12.1 Å². The number of hydrogen-bond donors (Lipinski definition) is 2. The summed E-state index contributed by atoms with van der Waals surface area (Å²) in [4.78, 5) is 6.76. The summed E-state index contributed by atoms with van der Waals surface area (Å²) in [7, 11) is 1.83. The summed E-state index contributed by atoms with van der Waals surface area (Å²) < 4.78 is 5.56. The Kier molecular flexibility index (Phi) is 10.2. The maximum absolute atomic E-state index is 5.56. The van der Waals surface area contributed by atoms with Gasteiger partial charge in [-0.1, -0.05) is 17.7 Å². The monoisotopic (exact) mass is 460 g/mol. The van der Waals surface area contributed by atoms with Gasteiger partial charge in [-0.25, -0.2) is 0 Å². The number of halogens is 1. The van der Waals surface area contributed by atoms with Gasteiger partial charge in [0.15, 0.2) is 5.96 Å². The summed E-state index contributed by atoms with van der Waals surface area (Å²) in [5.41, 5.74) is 2.61. The molecule has 0 amide bonds. The second-order valence-corrected chi connectivity index (χ2v) is 6.68. The van der Waals surface area contributed by atoms with Crippen LogP contribution < -0.4 is 15.5 Å². The Hall–Kier alpha value is -1.02. The standard InChI is InChI=1S/C19H32N4O.HI/c1-15(2)24-13-5-11-21-19(20-4)22-17-10-12-23(14-17)18-8-6-16(3)7-9-18;/h6-9,15,17H,5,10-14H2,1-4H3,(H2,20,21,22);1H. The third-order valence-corrected chi connectivity index (χ3v) is 4.22. The lowest BCUT2D eigenvalue weighted by molar-refractivity contribution is 0.0776. The highest BCUT2D eigenvalue weighted by Gasteiger charge is 2.23. The third kappa shape index (κ3) is 7.81. The molecule has 25 heavy (non-hydrogen) atoms. The summed E-state index contributed by atoms with van der Waals surface area (Å²) in [5, 5.41) is 6.91. The predicted molar refractivity (Wildman–Crippen MR) is 117 cm³/mol. The quantitative estimate of drug-likeness (QED) is 0.284. The first-order chi connectivity index (χ1) is 11.6. The van der Waals surface area contributed by atoms with E-state index in [4.69, 9.17) is 4.74 Å². The van der Waals surface area contributed by atoms with E-state index in [-0.39, 0.29) is 24.0 Å². The Balaban J connectivity index is 0.00000312. The van der Waals surface area contributed by atoms with Crippen molar-refractivity contribution in [2.24, 2.45) is 4.99 Å². The molecule has 5 nitrogen and oxygen atoms in total. The van der Waals surface area contributed by atoms with Crippen molar-refractivity contribution in [3.63, 3.8) is 0 Å². The lowest BCUT2D eigenvalue weighted by Gasteiger charge is -2.20. The molecule has 0 bridgehead atoms. The number of nitrogens with one attached hydrogen (secondary N) is 2. The van der Waals surface area contributed by atoms with Crippen molar-refractivity contribution < 1.29 is 4.74 Å². The highest BCUT2D eigenvalue weighted by molar-refractivity contribution is 14.0. The molecule has 1 heterocycles. The highest BCUT2D eigenvalue weighted by atomic mass is 127. The van der Waals surface area contributed by atoms with Crippen LogP contribution in [-0.2, 0) is 4.74 Å². The van der Waals surface area contributed by atoms with Crippen molar-refractivity contribution in [1.29, 1.82) is 0 Å². The number of aryl methyl sites for hydroxylation is 1. The fourth-order valence-electron chi connectivity index (χ4n) is 2.85. The average molecular weight is 460 g/mol. The van der Waals surface area contributed by atoms with Crippen molar-refractivity contribution in [3.8, 4) is 0 Å². The van der Waals surface area contributed by atoms with Gasteiger partial charge in [-0.2, -0.15) is 0 Å². The van der Waals surface area contributed by atoms with Crippen LogP contribution in [0.15, 0.2) is 29.3 Å². The fraction of sp³-hybridized carbons (Fsp3) is 0.632. The van der Waals surface area contributed by atoms with Gasteiger partial charge in [0.25, 0.3) is 0 Å². The molecule has 2 rings (SSSR count). The molecule has 1 aliphatic heterocycles. The minimum atomic E-state index is 0. The van der Waals surface area contributed by atoms with Gasteiger partial charge in [0.05, 0.1) is 6.10 Å². The van der Waals surface area contributed by atoms with Gasteiger partial charge in [-0.15, -0.1) is 24.0 Å². The maximum Gasteiger partial charge on any atom is 0.191 e. The zero-order valence-electron chi connectivity index (χ0n) is 15.9. The predicted octanol–water partition coefficient (Wildman–Crippen LogP) is 3.17. The van der Waals surface area contributed by atoms with Crippen molar-refractivity contribution in [2.75, 3.05) is 38.2 Å². The first-order valence-corrected chi connectivity index (χ1v) is 8.99. The second-order valence-electron chi connectivity index (χ2n) is 6.68. The van der Waals surface area contributed by atoms with Crippen molar-refractivity contribution >= 4 is 35.6 Å². The van der Waals surface area contributed by atoms with Crippen LogP contribution in [0.25, 0.3) is 0 Å². The number of rotatable bonds is 7. The number of anilines is 1. The van der Waals surface area contributed by atoms with Gasteiger partial charge >= 0.3 is 0 Å². The Morgan fingerprint density at radius 3 is 2.68 bits per heavy atom. The molecule has 6 heteroatoms. The molecule has 0 aromatic heterocycles. The first-order valence-electron chi connectivity index (χ1n) is 8.99. The van der Waals surface area contributed by atoms with Gasteiger partial charge < -0.3 is 20.3 Å². The smallest absolute Gasteiger partial charge is 0.191 e. The van der Waals surface area contributed by atoms with E-state index in [0.717, 1.165) is 45.0 Å². The molecule has 0 saturated carbocycles. The molecule has 2 N–H and O–H groups in total. The molecule has 1 atom stereocenters. The van der Waals surface area contributed by atoms with E-state index < -0.39 is 0 Å². The summed E-state index contributed by atoms with van der Waals surface area (Å²) in [5.74, 6) is 0.885. The van der Waals surface area contributed by atoms with E-state index >= 15 is 0 Å². The summed E-state index contributed by atoms with van der Waals surface area (Å²) in [6.07, 6.45) is 2.41. The lowest BCUT2D eigenvalue weighted by atomic mass is 10.2. The third-order valence-electron chi connectivity index (χ3n) is 4.22. The Morgan fingerprint density at radius 1 is 1.32 bits per heavy atom. The number of guanidine groups is 1. The van der Waals surface area contributed by atoms with E-state index in [1.165, 1.54) is 11.3 Å². The molecule has 0 aliphatic carbocycles. The number of nitrogens with zero attached hydrogens (tertiary/aromatic N) is 2. The molecule has 1 aromatic carbocycles. The lowest BCUT2D eigenvalue weighted by Crippen LogP contribution is -2.45. The topological polar surface area (TPSA) is 48.9 Å². The minimum absolute atomic E-state index is 0. The molecule has 142 valence electrons. The maximum atomic E-state index is 5.56. The molecular weight excluding hydrogens is 427 g/mol. The molecule has 1 saturated heterocycles. The van der Waals surface area contributed by atoms with Gasteiger partial charge in [0.2, 0.25) is 0 Å². The zero-order valence-corrected chi connectivity index (χ0v) is 18.2. The molecule has 0 radical (unpaired) electrons. The average Bonchev–Trinajstić information content (AvgIpc) is 3.02. The van der Waals surface area contributed by atoms with E-state index in [2.05, 4.69) is 65.6 Å². The van der Waals surface area contributed by atoms with Crippen LogP contribution in [0.2, 0.25) is 0 Å². The van der Waals surface area contributed by atoms with Gasteiger partial charge in [-0.05, 0) is 45.7 Å². The fourth-order valence-corrected chi connectivity index (χ4v) is 2.85. The normalized spacial score (nSPS) is 17.6. The van der Waals surface area contributed by atoms with Crippen LogP contribution in [-0.4, -0.2) is 51.4 Å². The van der Waals surface area contributed by atoms with E-state index in [1.807, 2.05) is 7.05 Å². The van der Waals surface area contributed by atoms with Crippen LogP contribution >= 0.6 is 24.0 Å². The van der Waals surface area contributed by atoms with E-state index in [1.54, 1.807) is 0 Å². The summed E-state index contributed by atoms with van der Waals surface area (Å²) >= 11 is 0. The van der Waals surface area contributed by atoms with Crippen LogP contribution in [0, 0.1) is 6.92 Å². The Bertz CT molecular complexity index is 519. The summed E-state index contributed by atoms with van der Waals surface area (Å²) in [6.45, 7) is 10.0. The van der Waals surface area contributed by atoms with Crippen molar-refractivity contribution in [3.05, 3.63) is 29.8 Å². The number of hydrogen-bond acceptors (Lipinski definition) is 3. The number of benzene rings is 1.